The fourth-order valence-corrected chi connectivity index (χ4v) is 2.31. The number of anilines is 1. The van der Waals surface area contributed by atoms with E-state index >= 15 is 0 Å². The van der Waals surface area contributed by atoms with Crippen molar-refractivity contribution >= 4 is 16.6 Å². The fraction of sp³-hybridized carbons (Fsp3) is 0.412. The lowest BCUT2D eigenvalue weighted by molar-refractivity contribution is 0.784. The topological polar surface area (TPSA) is 48.7 Å². The van der Waals surface area contributed by atoms with Crippen LogP contribution in [0.1, 0.15) is 38.3 Å². The van der Waals surface area contributed by atoms with Crippen molar-refractivity contribution in [3.8, 4) is 6.07 Å². The number of aryl methyl sites for hydroxylation is 1. The maximum absolute atomic E-state index is 8.54. The third-order valence-corrected chi connectivity index (χ3v) is 3.31. The van der Waals surface area contributed by atoms with Gasteiger partial charge in [0.15, 0.2) is 0 Å². The van der Waals surface area contributed by atoms with Gasteiger partial charge in [-0.2, -0.15) is 5.26 Å². The zero-order valence-electron chi connectivity index (χ0n) is 12.0. The van der Waals surface area contributed by atoms with Crippen LogP contribution in [-0.4, -0.2) is 11.5 Å². The first-order chi connectivity index (χ1) is 9.85. The monoisotopic (exact) mass is 267 g/mol. The standard InChI is InChI=1S/C17H21N3/c1-2-8-14-13-17(19-12-7-3-6-11-18)15-9-4-5-10-16(15)20-14/h4-5,9-10,13H,2-3,6-8,12H2,1H3,(H,19,20). The first-order valence-corrected chi connectivity index (χ1v) is 7.34. The van der Waals surface area contributed by atoms with Gasteiger partial charge in [0.05, 0.1) is 11.6 Å². The molecule has 0 saturated heterocycles. The molecule has 20 heavy (non-hydrogen) atoms. The third kappa shape index (κ3) is 3.71. The van der Waals surface area contributed by atoms with Crippen LogP contribution in [-0.2, 0) is 6.42 Å². The van der Waals surface area contributed by atoms with Crippen molar-refractivity contribution < 1.29 is 0 Å². The van der Waals surface area contributed by atoms with Crippen molar-refractivity contribution in [1.29, 1.82) is 5.26 Å². The van der Waals surface area contributed by atoms with Gasteiger partial charge in [0.25, 0.3) is 0 Å². The Morgan fingerprint density at radius 1 is 1.25 bits per heavy atom. The SMILES string of the molecule is CCCc1cc(NCCCCC#N)c2ccccc2n1. The molecular weight excluding hydrogens is 246 g/mol. The predicted octanol–water partition coefficient (Wildman–Crippen LogP) is 4.29. The maximum atomic E-state index is 8.54. The summed E-state index contributed by atoms with van der Waals surface area (Å²) in [6.45, 7) is 3.08. The van der Waals surface area contributed by atoms with Gasteiger partial charge in [-0.25, -0.2) is 0 Å². The molecule has 0 aliphatic carbocycles. The van der Waals surface area contributed by atoms with Gasteiger partial charge >= 0.3 is 0 Å². The number of nitrogens with zero attached hydrogens (tertiary/aromatic N) is 2. The lowest BCUT2D eigenvalue weighted by Gasteiger charge is -2.11. The summed E-state index contributed by atoms with van der Waals surface area (Å²) in [5.41, 5.74) is 3.36. The number of hydrogen-bond acceptors (Lipinski definition) is 3. The molecule has 0 bridgehead atoms. The molecule has 1 heterocycles. The molecule has 1 aromatic carbocycles. The first kappa shape index (κ1) is 14.3. The van der Waals surface area contributed by atoms with E-state index in [1.54, 1.807) is 0 Å². The highest BCUT2D eigenvalue weighted by molar-refractivity contribution is 5.91. The Morgan fingerprint density at radius 2 is 2.10 bits per heavy atom. The molecule has 2 aromatic rings. The van der Waals surface area contributed by atoms with E-state index in [1.165, 1.54) is 5.39 Å². The quantitative estimate of drug-likeness (QED) is 0.761. The number of nitriles is 1. The van der Waals surface area contributed by atoms with Gasteiger partial charge in [-0.05, 0) is 31.4 Å². The molecule has 1 N–H and O–H groups in total. The van der Waals surface area contributed by atoms with Crippen LogP contribution in [0.5, 0.6) is 0 Å². The molecule has 2 rings (SSSR count). The van der Waals surface area contributed by atoms with Crippen LogP contribution < -0.4 is 5.32 Å². The Kier molecular flexibility index (Phi) is 5.37. The van der Waals surface area contributed by atoms with E-state index in [0.29, 0.717) is 6.42 Å². The van der Waals surface area contributed by atoms with E-state index < -0.39 is 0 Å². The average molecular weight is 267 g/mol. The minimum Gasteiger partial charge on any atom is -0.384 e. The molecule has 0 saturated carbocycles. The highest BCUT2D eigenvalue weighted by atomic mass is 14.9. The van der Waals surface area contributed by atoms with Gasteiger partial charge in [0, 0.05) is 29.7 Å². The summed E-state index contributed by atoms with van der Waals surface area (Å²) in [7, 11) is 0. The molecular formula is C17H21N3. The number of unbranched alkanes of at least 4 members (excludes halogenated alkanes) is 2. The van der Waals surface area contributed by atoms with Crippen LogP contribution in [0.3, 0.4) is 0 Å². The second kappa shape index (κ2) is 7.49. The van der Waals surface area contributed by atoms with Crippen LogP contribution in [0, 0.1) is 11.3 Å². The van der Waals surface area contributed by atoms with E-state index in [9.17, 15) is 0 Å². The number of pyridine rings is 1. The molecule has 0 aliphatic rings. The highest BCUT2D eigenvalue weighted by Gasteiger charge is 2.04. The summed E-state index contributed by atoms with van der Waals surface area (Å²) < 4.78 is 0. The van der Waals surface area contributed by atoms with Crippen LogP contribution in [0.4, 0.5) is 5.69 Å². The van der Waals surface area contributed by atoms with Gasteiger partial charge in [-0.15, -0.1) is 0 Å². The van der Waals surface area contributed by atoms with Gasteiger partial charge in [0.1, 0.15) is 0 Å². The van der Waals surface area contributed by atoms with Crippen molar-refractivity contribution in [3.05, 3.63) is 36.0 Å². The predicted molar refractivity (Wildman–Crippen MR) is 83.7 cm³/mol. The summed E-state index contributed by atoms with van der Waals surface area (Å²) in [5.74, 6) is 0. The number of aromatic nitrogens is 1. The molecule has 3 nitrogen and oxygen atoms in total. The van der Waals surface area contributed by atoms with E-state index in [2.05, 4.69) is 36.5 Å². The van der Waals surface area contributed by atoms with E-state index in [4.69, 9.17) is 10.2 Å². The second-order valence-electron chi connectivity index (χ2n) is 4.97. The molecule has 1 aromatic heterocycles. The molecule has 0 radical (unpaired) electrons. The average Bonchev–Trinajstić information content (AvgIpc) is 2.47. The summed E-state index contributed by atoms with van der Waals surface area (Å²) in [5, 5.41) is 13.2. The number of rotatable bonds is 7. The molecule has 0 atom stereocenters. The Labute approximate surface area is 120 Å². The minimum atomic E-state index is 0.639. The van der Waals surface area contributed by atoms with Crippen LogP contribution >= 0.6 is 0 Å². The molecule has 104 valence electrons. The highest BCUT2D eigenvalue weighted by Crippen LogP contribution is 2.23. The lowest BCUT2D eigenvalue weighted by atomic mass is 10.1. The minimum absolute atomic E-state index is 0.639. The number of benzene rings is 1. The Hall–Kier alpha value is -2.08. The smallest absolute Gasteiger partial charge is 0.0726 e. The fourth-order valence-electron chi connectivity index (χ4n) is 2.31. The molecule has 0 spiro atoms. The molecule has 0 fully saturated rings. The van der Waals surface area contributed by atoms with Crippen LogP contribution in [0.15, 0.2) is 30.3 Å². The first-order valence-electron chi connectivity index (χ1n) is 7.34. The van der Waals surface area contributed by atoms with E-state index in [-0.39, 0.29) is 0 Å². The number of para-hydroxylation sites is 1. The normalized spacial score (nSPS) is 10.4. The summed E-state index contributed by atoms with van der Waals surface area (Å²) in [4.78, 5) is 4.70. The van der Waals surface area contributed by atoms with Crippen LogP contribution in [0.2, 0.25) is 0 Å². The van der Waals surface area contributed by atoms with Gasteiger partial charge in [0.2, 0.25) is 0 Å². The Balaban J connectivity index is 2.15. The largest absolute Gasteiger partial charge is 0.384 e. The molecule has 0 amide bonds. The zero-order chi connectivity index (χ0) is 14.2. The molecule has 0 aliphatic heterocycles. The zero-order valence-corrected chi connectivity index (χ0v) is 12.0. The van der Waals surface area contributed by atoms with Crippen LogP contribution in [0.25, 0.3) is 10.9 Å². The Morgan fingerprint density at radius 3 is 2.90 bits per heavy atom. The molecule has 0 unspecified atom stereocenters. The third-order valence-electron chi connectivity index (χ3n) is 3.31. The van der Waals surface area contributed by atoms with Crippen molar-refractivity contribution in [3.63, 3.8) is 0 Å². The lowest BCUT2D eigenvalue weighted by Crippen LogP contribution is -2.03. The van der Waals surface area contributed by atoms with Crippen molar-refractivity contribution in [2.75, 3.05) is 11.9 Å². The van der Waals surface area contributed by atoms with E-state index in [0.717, 1.165) is 49.1 Å². The maximum Gasteiger partial charge on any atom is 0.0726 e. The van der Waals surface area contributed by atoms with E-state index in [1.807, 2.05) is 12.1 Å². The second-order valence-corrected chi connectivity index (χ2v) is 4.97. The summed E-state index contributed by atoms with van der Waals surface area (Å²) in [6.07, 6.45) is 4.72. The van der Waals surface area contributed by atoms with Crippen molar-refractivity contribution in [1.82, 2.24) is 4.98 Å². The molecule has 3 heteroatoms. The van der Waals surface area contributed by atoms with Gasteiger partial charge in [-0.3, -0.25) is 4.98 Å². The number of nitrogens with one attached hydrogen (secondary N) is 1. The van der Waals surface area contributed by atoms with Gasteiger partial charge < -0.3 is 5.32 Å². The van der Waals surface area contributed by atoms with Crippen molar-refractivity contribution in [2.45, 2.75) is 39.0 Å². The Bertz CT molecular complexity index is 599. The number of fused-ring (bicyclic) bond motifs is 1. The summed E-state index contributed by atoms with van der Waals surface area (Å²) >= 11 is 0. The van der Waals surface area contributed by atoms with Crippen molar-refractivity contribution in [2.24, 2.45) is 0 Å². The van der Waals surface area contributed by atoms with Gasteiger partial charge in [-0.1, -0.05) is 31.5 Å². The number of hydrogen-bond donors (Lipinski definition) is 1. The summed E-state index contributed by atoms with van der Waals surface area (Å²) in [6, 6.07) is 12.6.